The van der Waals surface area contributed by atoms with Crippen LogP contribution in [0.1, 0.15) is 17.2 Å². The van der Waals surface area contributed by atoms with Crippen LogP contribution in [0.4, 0.5) is 13.2 Å². The minimum Gasteiger partial charge on any atom is -0.434 e. The Morgan fingerprint density at radius 3 is 2.48 bits per heavy atom. The lowest BCUT2D eigenvalue weighted by Gasteiger charge is -2.35. The van der Waals surface area contributed by atoms with Gasteiger partial charge in [-0.3, -0.25) is 9.89 Å². The monoisotopic (exact) mass is 436 g/mol. The van der Waals surface area contributed by atoms with Gasteiger partial charge in [0.05, 0.1) is 19.3 Å². The van der Waals surface area contributed by atoms with Gasteiger partial charge >= 0.3 is 6.61 Å². The van der Waals surface area contributed by atoms with Gasteiger partial charge in [-0.1, -0.05) is 30.3 Å². The van der Waals surface area contributed by atoms with Crippen LogP contribution >= 0.6 is 0 Å². The van der Waals surface area contributed by atoms with Crippen molar-refractivity contribution in [1.82, 2.24) is 15.5 Å². The van der Waals surface area contributed by atoms with Crippen LogP contribution in [0.15, 0.2) is 53.5 Å². The lowest BCUT2D eigenvalue weighted by Crippen LogP contribution is -2.46. The zero-order valence-electron chi connectivity index (χ0n) is 17.4. The van der Waals surface area contributed by atoms with Gasteiger partial charge < -0.3 is 20.1 Å². The predicted molar refractivity (Wildman–Crippen MR) is 113 cm³/mol. The Hall–Kier alpha value is -2.78. The molecule has 3 rings (SSSR count). The number of rotatable bonds is 8. The van der Waals surface area contributed by atoms with Crippen molar-refractivity contribution < 1.29 is 22.6 Å². The molecule has 6 nitrogen and oxygen atoms in total. The van der Waals surface area contributed by atoms with E-state index in [-0.39, 0.29) is 24.2 Å². The third kappa shape index (κ3) is 6.86. The molecule has 2 N–H and O–H groups in total. The van der Waals surface area contributed by atoms with Gasteiger partial charge in [-0.25, -0.2) is 4.39 Å². The fourth-order valence-corrected chi connectivity index (χ4v) is 3.49. The highest BCUT2D eigenvalue weighted by atomic mass is 19.3. The smallest absolute Gasteiger partial charge is 0.387 e. The fourth-order valence-electron chi connectivity index (χ4n) is 3.49. The van der Waals surface area contributed by atoms with Crippen LogP contribution in [0, 0.1) is 5.82 Å². The third-order valence-corrected chi connectivity index (χ3v) is 5.06. The van der Waals surface area contributed by atoms with Crippen LogP contribution in [0.3, 0.4) is 0 Å². The Morgan fingerprint density at radius 2 is 1.81 bits per heavy atom. The van der Waals surface area contributed by atoms with Crippen molar-refractivity contribution in [3.63, 3.8) is 0 Å². The first kappa shape index (κ1) is 22.9. The summed E-state index contributed by atoms with van der Waals surface area (Å²) < 4.78 is 48.7. The molecule has 2 aromatic carbocycles. The fraction of sp³-hybridized carbons (Fsp3) is 0.409. The molecule has 1 saturated heterocycles. The molecule has 0 amide bonds. The first-order chi connectivity index (χ1) is 15.1. The number of alkyl halides is 2. The Kier molecular flexibility index (Phi) is 8.54. The molecule has 0 bridgehead atoms. The van der Waals surface area contributed by atoms with Crippen LogP contribution in [0.25, 0.3) is 0 Å². The standard InChI is InChI=1S/C22H27F3N4O2/c1-26-22(27-14-17-4-2-3-5-20(17)31-21(24)25)28-15-19(29-10-12-30-13-11-29)16-6-8-18(23)9-7-16/h2-9,19,21H,10-15H2,1H3,(H2,26,27,28). The first-order valence-corrected chi connectivity index (χ1v) is 10.1. The molecule has 9 heteroatoms. The number of para-hydroxylation sites is 1. The highest BCUT2D eigenvalue weighted by molar-refractivity contribution is 5.79. The van der Waals surface area contributed by atoms with Crippen molar-refractivity contribution >= 4 is 5.96 Å². The van der Waals surface area contributed by atoms with Crippen molar-refractivity contribution in [2.45, 2.75) is 19.2 Å². The summed E-state index contributed by atoms with van der Waals surface area (Å²) in [4.78, 5) is 6.50. The highest BCUT2D eigenvalue weighted by Gasteiger charge is 2.23. The van der Waals surface area contributed by atoms with E-state index in [0.29, 0.717) is 31.3 Å². The second-order valence-electron chi connectivity index (χ2n) is 7.01. The molecule has 0 spiro atoms. The van der Waals surface area contributed by atoms with E-state index in [1.165, 1.54) is 18.2 Å². The SMILES string of the molecule is CN=C(NCc1ccccc1OC(F)F)NCC(c1ccc(F)cc1)N1CCOCC1. The van der Waals surface area contributed by atoms with E-state index < -0.39 is 6.61 Å². The minimum absolute atomic E-state index is 0.00231. The second kappa shape index (κ2) is 11.6. The van der Waals surface area contributed by atoms with Gasteiger partial charge in [-0.2, -0.15) is 8.78 Å². The summed E-state index contributed by atoms with van der Waals surface area (Å²) in [6.07, 6.45) is 0. The number of hydrogen-bond donors (Lipinski definition) is 2. The summed E-state index contributed by atoms with van der Waals surface area (Å²) in [5, 5.41) is 6.41. The lowest BCUT2D eigenvalue weighted by molar-refractivity contribution is -0.0504. The van der Waals surface area contributed by atoms with Crippen LogP contribution in [0.5, 0.6) is 5.75 Å². The quantitative estimate of drug-likeness (QED) is 0.492. The molecule has 1 fully saturated rings. The van der Waals surface area contributed by atoms with Gasteiger partial charge in [0.25, 0.3) is 0 Å². The minimum atomic E-state index is -2.89. The summed E-state index contributed by atoms with van der Waals surface area (Å²) in [6, 6.07) is 13.1. The number of nitrogens with zero attached hydrogens (tertiary/aromatic N) is 2. The average Bonchev–Trinajstić information content (AvgIpc) is 2.78. The lowest BCUT2D eigenvalue weighted by atomic mass is 10.0. The van der Waals surface area contributed by atoms with Crippen molar-refractivity contribution in [2.24, 2.45) is 4.99 Å². The molecular weight excluding hydrogens is 409 g/mol. The molecule has 168 valence electrons. The molecule has 1 aliphatic heterocycles. The molecular formula is C22H27F3N4O2. The number of nitrogens with one attached hydrogen (secondary N) is 2. The Labute approximate surface area is 180 Å². The maximum Gasteiger partial charge on any atom is 0.387 e. The normalized spacial score (nSPS) is 16.2. The summed E-state index contributed by atoms with van der Waals surface area (Å²) in [7, 11) is 1.64. The second-order valence-corrected chi connectivity index (χ2v) is 7.01. The average molecular weight is 436 g/mol. The molecule has 0 aliphatic carbocycles. The zero-order valence-corrected chi connectivity index (χ0v) is 17.4. The van der Waals surface area contributed by atoms with Gasteiger partial charge in [0.2, 0.25) is 0 Å². The van der Waals surface area contributed by atoms with Crippen molar-refractivity contribution in [2.75, 3.05) is 39.9 Å². The first-order valence-electron chi connectivity index (χ1n) is 10.1. The molecule has 1 heterocycles. The van der Waals surface area contributed by atoms with E-state index in [1.54, 1.807) is 37.4 Å². The van der Waals surface area contributed by atoms with Crippen LogP contribution in [-0.2, 0) is 11.3 Å². The molecule has 1 aliphatic rings. The molecule has 0 radical (unpaired) electrons. The zero-order chi connectivity index (χ0) is 22.1. The summed E-state index contributed by atoms with van der Waals surface area (Å²) in [6.45, 7) is 0.741. The van der Waals surface area contributed by atoms with Crippen LogP contribution in [-0.4, -0.2) is 57.4 Å². The molecule has 0 aromatic heterocycles. The summed E-state index contributed by atoms with van der Waals surface area (Å²) in [5.41, 5.74) is 1.58. The number of ether oxygens (including phenoxy) is 2. The van der Waals surface area contributed by atoms with E-state index >= 15 is 0 Å². The third-order valence-electron chi connectivity index (χ3n) is 5.06. The van der Waals surface area contributed by atoms with Gasteiger partial charge in [-0.05, 0) is 23.8 Å². The van der Waals surface area contributed by atoms with Gasteiger partial charge in [-0.15, -0.1) is 0 Å². The largest absolute Gasteiger partial charge is 0.434 e. The molecule has 1 unspecified atom stereocenters. The van der Waals surface area contributed by atoms with E-state index in [4.69, 9.17) is 4.74 Å². The summed E-state index contributed by atoms with van der Waals surface area (Å²) >= 11 is 0. The van der Waals surface area contributed by atoms with E-state index in [2.05, 4.69) is 25.3 Å². The van der Waals surface area contributed by atoms with Crippen molar-refractivity contribution in [1.29, 1.82) is 0 Å². The molecule has 31 heavy (non-hydrogen) atoms. The summed E-state index contributed by atoms with van der Waals surface area (Å²) in [5.74, 6) is 0.366. The number of halogens is 3. The molecule has 2 aromatic rings. The van der Waals surface area contributed by atoms with Crippen LogP contribution < -0.4 is 15.4 Å². The Morgan fingerprint density at radius 1 is 1.10 bits per heavy atom. The Balaban J connectivity index is 1.64. The highest BCUT2D eigenvalue weighted by Crippen LogP contribution is 2.22. The predicted octanol–water partition coefficient (Wildman–Crippen LogP) is 3.17. The van der Waals surface area contributed by atoms with Crippen molar-refractivity contribution in [3.8, 4) is 5.75 Å². The number of morpholine rings is 1. The molecule has 1 atom stereocenters. The topological polar surface area (TPSA) is 58.1 Å². The van der Waals surface area contributed by atoms with Gasteiger partial charge in [0, 0.05) is 38.8 Å². The van der Waals surface area contributed by atoms with E-state index in [1.807, 2.05) is 0 Å². The number of hydrogen-bond acceptors (Lipinski definition) is 4. The van der Waals surface area contributed by atoms with Gasteiger partial charge in [0.15, 0.2) is 5.96 Å². The maximum absolute atomic E-state index is 13.4. The van der Waals surface area contributed by atoms with E-state index in [9.17, 15) is 13.2 Å². The van der Waals surface area contributed by atoms with Crippen molar-refractivity contribution in [3.05, 3.63) is 65.5 Å². The molecule has 0 saturated carbocycles. The van der Waals surface area contributed by atoms with Crippen LogP contribution in [0.2, 0.25) is 0 Å². The Bertz CT molecular complexity index is 843. The van der Waals surface area contributed by atoms with E-state index in [0.717, 1.165) is 18.7 Å². The maximum atomic E-state index is 13.4. The number of benzene rings is 2. The number of aliphatic imine (C=N–C) groups is 1. The number of guanidine groups is 1. The van der Waals surface area contributed by atoms with Gasteiger partial charge in [0.1, 0.15) is 11.6 Å².